The average Bonchev–Trinajstić information content (AvgIpc) is 3.09. The number of carbonyl (C=O) groups is 3. The van der Waals surface area contributed by atoms with Gasteiger partial charge in [0.15, 0.2) is 0 Å². The van der Waals surface area contributed by atoms with Gasteiger partial charge in [0.05, 0.1) is 13.2 Å². The Labute approximate surface area is 200 Å². The number of amides is 4. The molecule has 3 aliphatic rings. The smallest absolute Gasteiger partial charge is 0.325 e. The molecular weight excluding hydrogens is 442 g/mol. The first-order chi connectivity index (χ1) is 16.0. The summed E-state index contributed by atoms with van der Waals surface area (Å²) in [6.07, 6.45) is 7.13. The van der Waals surface area contributed by atoms with Crippen LogP contribution in [0.1, 0.15) is 50.5 Å². The zero-order valence-electron chi connectivity index (χ0n) is 19.4. The SMILES string of the molecule is COCCN1C(=O)NC(Cc2ccccc2Cl)(C2CCN(C(=O)C3CCCCC3)CC2)C1=O. The van der Waals surface area contributed by atoms with Gasteiger partial charge in [0.25, 0.3) is 5.91 Å². The molecule has 1 atom stereocenters. The Morgan fingerprint density at radius 3 is 2.48 bits per heavy atom. The largest absolute Gasteiger partial charge is 0.383 e. The van der Waals surface area contributed by atoms with Gasteiger partial charge in [0.1, 0.15) is 5.54 Å². The molecule has 1 aliphatic carbocycles. The Kier molecular flexibility index (Phi) is 7.59. The number of imide groups is 1. The second kappa shape index (κ2) is 10.4. The maximum atomic E-state index is 13.7. The number of urea groups is 1. The van der Waals surface area contributed by atoms with E-state index in [0.717, 1.165) is 31.2 Å². The Hall–Kier alpha value is -2.12. The van der Waals surface area contributed by atoms with Crippen LogP contribution in [-0.4, -0.2) is 66.5 Å². The number of rotatable bonds is 7. The summed E-state index contributed by atoms with van der Waals surface area (Å²) in [5, 5.41) is 3.63. The van der Waals surface area contributed by atoms with Gasteiger partial charge in [0.2, 0.25) is 5.91 Å². The van der Waals surface area contributed by atoms with Crippen molar-refractivity contribution in [3.8, 4) is 0 Å². The Bertz CT molecular complexity index is 880. The molecule has 1 saturated carbocycles. The van der Waals surface area contributed by atoms with Crippen LogP contribution in [0.3, 0.4) is 0 Å². The van der Waals surface area contributed by atoms with Crippen molar-refractivity contribution >= 4 is 29.4 Å². The molecule has 180 valence electrons. The number of ether oxygens (including phenoxy) is 1. The van der Waals surface area contributed by atoms with E-state index in [1.807, 2.05) is 23.1 Å². The minimum absolute atomic E-state index is 0.0758. The van der Waals surface area contributed by atoms with Gasteiger partial charge in [-0.2, -0.15) is 0 Å². The molecule has 1 unspecified atom stereocenters. The third kappa shape index (κ3) is 4.90. The molecule has 1 N–H and O–H groups in total. The van der Waals surface area contributed by atoms with Crippen molar-refractivity contribution in [2.75, 3.05) is 33.4 Å². The monoisotopic (exact) mass is 475 g/mol. The zero-order valence-corrected chi connectivity index (χ0v) is 20.1. The number of halogens is 1. The predicted molar refractivity (Wildman–Crippen MR) is 126 cm³/mol. The van der Waals surface area contributed by atoms with E-state index in [4.69, 9.17) is 16.3 Å². The molecule has 0 bridgehead atoms. The van der Waals surface area contributed by atoms with Gasteiger partial charge in [-0.25, -0.2) is 4.79 Å². The van der Waals surface area contributed by atoms with Crippen LogP contribution in [-0.2, 0) is 20.7 Å². The average molecular weight is 476 g/mol. The summed E-state index contributed by atoms with van der Waals surface area (Å²) in [6.45, 7) is 1.73. The number of hydrogen-bond acceptors (Lipinski definition) is 4. The fourth-order valence-corrected chi connectivity index (χ4v) is 5.92. The van der Waals surface area contributed by atoms with E-state index in [0.29, 0.717) is 37.4 Å². The summed E-state index contributed by atoms with van der Waals surface area (Å²) >= 11 is 6.45. The van der Waals surface area contributed by atoms with Gasteiger partial charge in [-0.15, -0.1) is 0 Å². The lowest BCUT2D eigenvalue weighted by Gasteiger charge is -2.42. The van der Waals surface area contributed by atoms with Gasteiger partial charge in [-0.3, -0.25) is 14.5 Å². The van der Waals surface area contributed by atoms with E-state index in [2.05, 4.69) is 5.32 Å². The molecule has 0 aromatic heterocycles. The van der Waals surface area contributed by atoms with Crippen molar-refractivity contribution in [1.29, 1.82) is 0 Å². The minimum atomic E-state index is -1.06. The van der Waals surface area contributed by atoms with Crippen molar-refractivity contribution in [3.63, 3.8) is 0 Å². The lowest BCUT2D eigenvalue weighted by Crippen LogP contribution is -2.58. The maximum Gasteiger partial charge on any atom is 0.325 e. The fraction of sp³-hybridized carbons (Fsp3) is 0.640. The van der Waals surface area contributed by atoms with Crippen LogP contribution in [0.5, 0.6) is 0 Å². The van der Waals surface area contributed by atoms with Crippen LogP contribution in [0.2, 0.25) is 5.02 Å². The molecule has 4 rings (SSSR count). The molecule has 0 radical (unpaired) electrons. The molecule has 2 aliphatic heterocycles. The van der Waals surface area contributed by atoms with E-state index < -0.39 is 5.54 Å². The highest BCUT2D eigenvalue weighted by Gasteiger charge is 2.56. The van der Waals surface area contributed by atoms with Crippen LogP contribution in [0.4, 0.5) is 4.79 Å². The summed E-state index contributed by atoms with van der Waals surface area (Å²) in [5.74, 6) is 0.108. The summed E-state index contributed by atoms with van der Waals surface area (Å²) in [5.41, 5.74) is -0.224. The first-order valence-electron chi connectivity index (χ1n) is 12.1. The van der Waals surface area contributed by atoms with E-state index >= 15 is 0 Å². The molecule has 2 saturated heterocycles. The Morgan fingerprint density at radius 1 is 1.12 bits per heavy atom. The minimum Gasteiger partial charge on any atom is -0.383 e. The number of likely N-dealkylation sites (tertiary alicyclic amines) is 1. The van der Waals surface area contributed by atoms with Gasteiger partial charge in [-0.05, 0) is 43.2 Å². The predicted octanol–water partition coefficient (Wildman–Crippen LogP) is 3.64. The Morgan fingerprint density at radius 2 is 1.82 bits per heavy atom. The number of hydrogen-bond donors (Lipinski definition) is 1. The molecule has 1 aromatic rings. The number of nitrogens with zero attached hydrogens (tertiary/aromatic N) is 2. The quantitative estimate of drug-likeness (QED) is 0.610. The van der Waals surface area contributed by atoms with Crippen molar-refractivity contribution in [2.45, 2.75) is 56.9 Å². The van der Waals surface area contributed by atoms with Crippen LogP contribution in [0.15, 0.2) is 24.3 Å². The molecule has 4 amide bonds. The van der Waals surface area contributed by atoms with Crippen molar-refractivity contribution in [1.82, 2.24) is 15.1 Å². The van der Waals surface area contributed by atoms with Gasteiger partial charge >= 0.3 is 6.03 Å². The topological polar surface area (TPSA) is 79.0 Å². The Balaban J connectivity index is 1.53. The second-order valence-electron chi connectivity index (χ2n) is 9.55. The van der Waals surface area contributed by atoms with Crippen LogP contribution < -0.4 is 5.32 Å². The van der Waals surface area contributed by atoms with Crippen LogP contribution in [0, 0.1) is 11.8 Å². The molecule has 0 spiro atoms. The summed E-state index contributed by atoms with van der Waals surface area (Å²) < 4.78 is 5.11. The van der Waals surface area contributed by atoms with E-state index in [1.165, 1.54) is 11.3 Å². The van der Waals surface area contributed by atoms with Gasteiger partial charge in [0, 0.05) is 37.6 Å². The molecule has 7 nitrogen and oxygen atoms in total. The highest BCUT2D eigenvalue weighted by atomic mass is 35.5. The van der Waals surface area contributed by atoms with Crippen molar-refractivity contribution in [2.24, 2.45) is 11.8 Å². The molecule has 2 heterocycles. The standard InChI is InChI=1S/C25H34ClN3O4/c1-33-16-15-29-23(31)25(27-24(29)32,17-19-9-5-6-10-21(19)26)20-11-13-28(14-12-20)22(30)18-7-3-2-4-8-18/h5-6,9-10,18,20H,2-4,7-8,11-17H2,1H3,(H,27,32). The van der Waals surface area contributed by atoms with Gasteiger partial charge in [-0.1, -0.05) is 49.1 Å². The lowest BCUT2D eigenvalue weighted by molar-refractivity contribution is -0.139. The first-order valence-corrected chi connectivity index (χ1v) is 12.5. The number of nitrogens with one attached hydrogen (secondary N) is 1. The zero-order chi connectivity index (χ0) is 23.4. The van der Waals surface area contributed by atoms with Crippen LogP contribution >= 0.6 is 11.6 Å². The molecule has 3 fully saturated rings. The highest BCUT2D eigenvalue weighted by molar-refractivity contribution is 6.31. The third-order valence-corrected chi connectivity index (χ3v) is 7.97. The summed E-state index contributed by atoms with van der Waals surface area (Å²) in [4.78, 5) is 42.8. The molecule has 1 aromatic carbocycles. The third-order valence-electron chi connectivity index (χ3n) is 7.61. The normalized spacial score (nSPS) is 24.9. The molecule has 33 heavy (non-hydrogen) atoms. The maximum absolute atomic E-state index is 13.7. The lowest BCUT2D eigenvalue weighted by atomic mass is 9.73. The van der Waals surface area contributed by atoms with Gasteiger partial charge < -0.3 is 15.0 Å². The van der Waals surface area contributed by atoms with E-state index in [1.54, 1.807) is 13.2 Å². The van der Waals surface area contributed by atoms with Crippen LogP contribution in [0.25, 0.3) is 0 Å². The second-order valence-corrected chi connectivity index (χ2v) is 9.96. The van der Waals surface area contributed by atoms with E-state index in [-0.39, 0.29) is 42.8 Å². The molecule has 8 heteroatoms. The first kappa shape index (κ1) is 24.0. The number of piperidine rings is 1. The van der Waals surface area contributed by atoms with E-state index in [9.17, 15) is 14.4 Å². The summed E-state index contributed by atoms with van der Waals surface area (Å²) in [6, 6.07) is 7.08. The van der Waals surface area contributed by atoms with Crippen molar-refractivity contribution in [3.05, 3.63) is 34.9 Å². The summed E-state index contributed by atoms with van der Waals surface area (Å²) in [7, 11) is 1.55. The number of carbonyl (C=O) groups excluding carboxylic acids is 3. The van der Waals surface area contributed by atoms with Crippen molar-refractivity contribution < 1.29 is 19.1 Å². The number of methoxy groups -OCH3 is 1. The highest BCUT2D eigenvalue weighted by Crippen LogP contribution is 2.38. The number of benzene rings is 1. The fourth-order valence-electron chi connectivity index (χ4n) is 5.71. The molecular formula is C25H34ClN3O4.